The Kier molecular flexibility index (Phi) is 5.00. The number of hydrogen-bond acceptors (Lipinski definition) is 3. The number of unbranched alkanes of at least 4 members (excludes halogenated alkanes) is 1. The fraction of sp³-hybridized carbons (Fsp3) is 0.667. The highest BCUT2D eigenvalue weighted by Crippen LogP contribution is 2.20. The third-order valence-corrected chi connectivity index (χ3v) is 2.54. The monoisotopic (exact) mass is 221 g/mol. The molecule has 4 heteroatoms. The second-order valence-corrected chi connectivity index (χ2v) is 3.96. The molecule has 0 fully saturated rings. The van der Waals surface area contributed by atoms with Gasteiger partial charge in [-0.05, 0) is 12.8 Å². The van der Waals surface area contributed by atoms with Crippen molar-refractivity contribution >= 4 is 0 Å². The Morgan fingerprint density at radius 3 is 2.75 bits per heavy atom. The van der Waals surface area contributed by atoms with Crippen LogP contribution in [0.25, 0.3) is 0 Å². The standard InChI is InChI=1S/C12H19N3O/c1-3-5-7-11-14-9(8-13)12(15-11)10(16)6-4-2/h10,16H,3-7H2,1-2H3,(H,14,15). The molecule has 4 nitrogen and oxygen atoms in total. The summed E-state index contributed by atoms with van der Waals surface area (Å²) in [5, 5.41) is 18.8. The number of nitrogens with zero attached hydrogens (tertiary/aromatic N) is 2. The lowest BCUT2D eigenvalue weighted by molar-refractivity contribution is 0.162. The van der Waals surface area contributed by atoms with Crippen molar-refractivity contribution in [1.29, 1.82) is 5.26 Å². The first-order valence-electron chi connectivity index (χ1n) is 5.89. The quantitative estimate of drug-likeness (QED) is 0.775. The molecule has 0 saturated heterocycles. The first-order chi connectivity index (χ1) is 7.72. The Labute approximate surface area is 96.3 Å². The van der Waals surface area contributed by atoms with E-state index >= 15 is 0 Å². The maximum absolute atomic E-state index is 9.84. The van der Waals surface area contributed by atoms with E-state index in [0.29, 0.717) is 17.8 Å². The molecule has 0 saturated carbocycles. The molecule has 0 spiro atoms. The predicted molar refractivity (Wildman–Crippen MR) is 61.8 cm³/mol. The number of nitrogens with one attached hydrogen (secondary N) is 1. The van der Waals surface area contributed by atoms with Crippen LogP contribution in [0, 0.1) is 11.3 Å². The summed E-state index contributed by atoms with van der Waals surface area (Å²) in [4.78, 5) is 7.28. The van der Waals surface area contributed by atoms with E-state index in [9.17, 15) is 5.11 Å². The molecule has 1 unspecified atom stereocenters. The molecule has 88 valence electrons. The molecular formula is C12H19N3O. The number of hydrogen-bond donors (Lipinski definition) is 2. The van der Waals surface area contributed by atoms with Crippen LogP contribution >= 0.6 is 0 Å². The van der Waals surface area contributed by atoms with Gasteiger partial charge < -0.3 is 10.1 Å². The van der Waals surface area contributed by atoms with Gasteiger partial charge in [0.2, 0.25) is 0 Å². The zero-order chi connectivity index (χ0) is 12.0. The summed E-state index contributed by atoms with van der Waals surface area (Å²) in [5.41, 5.74) is 0.919. The van der Waals surface area contributed by atoms with Gasteiger partial charge in [-0.25, -0.2) is 4.98 Å². The van der Waals surface area contributed by atoms with E-state index in [-0.39, 0.29) is 0 Å². The highest BCUT2D eigenvalue weighted by atomic mass is 16.3. The fourth-order valence-corrected chi connectivity index (χ4v) is 1.64. The van der Waals surface area contributed by atoms with E-state index in [1.165, 1.54) is 0 Å². The number of H-pyrrole nitrogens is 1. The minimum atomic E-state index is -0.619. The van der Waals surface area contributed by atoms with Crippen molar-refractivity contribution in [2.75, 3.05) is 0 Å². The SMILES string of the molecule is CCCCc1nc(C(O)CCC)c(C#N)[nH]1. The van der Waals surface area contributed by atoms with Gasteiger partial charge in [-0.1, -0.05) is 26.7 Å². The van der Waals surface area contributed by atoms with Crippen LogP contribution in [0.4, 0.5) is 0 Å². The summed E-state index contributed by atoms with van der Waals surface area (Å²) in [5.74, 6) is 0.809. The van der Waals surface area contributed by atoms with E-state index < -0.39 is 6.10 Å². The molecule has 2 N–H and O–H groups in total. The largest absolute Gasteiger partial charge is 0.387 e. The Balaban J connectivity index is 2.82. The highest BCUT2D eigenvalue weighted by molar-refractivity contribution is 5.29. The summed E-state index contributed by atoms with van der Waals surface area (Å²) < 4.78 is 0. The molecule has 0 bridgehead atoms. The molecular weight excluding hydrogens is 202 g/mol. The fourth-order valence-electron chi connectivity index (χ4n) is 1.64. The number of aliphatic hydroxyl groups is 1. The molecule has 0 amide bonds. The van der Waals surface area contributed by atoms with Gasteiger partial charge in [-0.15, -0.1) is 0 Å². The molecule has 1 atom stereocenters. The lowest BCUT2D eigenvalue weighted by Crippen LogP contribution is -1.99. The van der Waals surface area contributed by atoms with E-state index in [1.807, 2.05) is 6.92 Å². The van der Waals surface area contributed by atoms with E-state index in [4.69, 9.17) is 5.26 Å². The molecule has 1 aromatic rings. The van der Waals surface area contributed by atoms with E-state index in [1.54, 1.807) is 0 Å². The molecule has 0 aromatic carbocycles. The number of aliphatic hydroxyl groups excluding tert-OH is 1. The first kappa shape index (κ1) is 12.7. The van der Waals surface area contributed by atoms with Crippen LogP contribution in [-0.2, 0) is 6.42 Å². The Morgan fingerprint density at radius 2 is 2.19 bits per heavy atom. The average Bonchev–Trinajstić information content (AvgIpc) is 2.70. The molecule has 1 aromatic heterocycles. The van der Waals surface area contributed by atoms with Gasteiger partial charge in [0.1, 0.15) is 23.3 Å². The third-order valence-electron chi connectivity index (χ3n) is 2.54. The Hall–Kier alpha value is -1.34. The Bertz CT molecular complexity index is 365. The molecule has 0 aliphatic carbocycles. The van der Waals surface area contributed by atoms with Crippen molar-refractivity contribution in [3.8, 4) is 6.07 Å². The zero-order valence-electron chi connectivity index (χ0n) is 9.95. The smallest absolute Gasteiger partial charge is 0.143 e. The maximum Gasteiger partial charge on any atom is 0.143 e. The number of aromatic amines is 1. The van der Waals surface area contributed by atoms with E-state index in [2.05, 4.69) is 23.0 Å². The lowest BCUT2D eigenvalue weighted by Gasteiger charge is -2.05. The van der Waals surface area contributed by atoms with Gasteiger partial charge in [0.05, 0.1) is 6.10 Å². The topological polar surface area (TPSA) is 72.7 Å². The van der Waals surface area contributed by atoms with Crippen LogP contribution in [-0.4, -0.2) is 15.1 Å². The highest BCUT2D eigenvalue weighted by Gasteiger charge is 2.16. The predicted octanol–water partition coefficient (Wildman–Crippen LogP) is 2.46. The van der Waals surface area contributed by atoms with Crippen LogP contribution in [0.5, 0.6) is 0 Å². The second-order valence-electron chi connectivity index (χ2n) is 3.96. The third kappa shape index (κ3) is 3.07. The van der Waals surface area contributed by atoms with Gasteiger partial charge >= 0.3 is 0 Å². The van der Waals surface area contributed by atoms with Crippen LogP contribution in [0.1, 0.15) is 62.8 Å². The maximum atomic E-state index is 9.84. The Morgan fingerprint density at radius 1 is 1.44 bits per heavy atom. The molecule has 1 heterocycles. The first-order valence-corrected chi connectivity index (χ1v) is 5.89. The van der Waals surface area contributed by atoms with Gasteiger partial charge in [-0.2, -0.15) is 5.26 Å². The summed E-state index contributed by atoms with van der Waals surface area (Å²) in [6.45, 7) is 4.11. The van der Waals surface area contributed by atoms with Gasteiger partial charge in [0.15, 0.2) is 0 Å². The molecule has 16 heavy (non-hydrogen) atoms. The van der Waals surface area contributed by atoms with Crippen LogP contribution in [0.2, 0.25) is 0 Å². The van der Waals surface area contributed by atoms with E-state index in [0.717, 1.165) is 31.5 Å². The van der Waals surface area contributed by atoms with Gasteiger partial charge in [-0.3, -0.25) is 0 Å². The minimum Gasteiger partial charge on any atom is -0.387 e. The van der Waals surface area contributed by atoms with Crippen molar-refractivity contribution in [3.63, 3.8) is 0 Å². The average molecular weight is 221 g/mol. The van der Waals surface area contributed by atoms with Crippen LogP contribution in [0.15, 0.2) is 0 Å². The lowest BCUT2D eigenvalue weighted by atomic mass is 10.1. The number of rotatable bonds is 6. The second kappa shape index (κ2) is 6.29. The summed E-state index contributed by atoms with van der Waals surface area (Å²) in [7, 11) is 0. The normalized spacial score (nSPS) is 12.4. The summed E-state index contributed by atoms with van der Waals surface area (Å²) >= 11 is 0. The van der Waals surface area contributed by atoms with Crippen molar-refractivity contribution in [2.24, 2.45) is 0 Å². The van der Waals surface area contributed by atoms with Crippen molar-refractivity contribution < 1.29 is 5.11 Å². The number of imidazole rings is 1. The zero-order valence-corrected chi connectivity index (χ0v) is 9.95. The number of aryl methyl sites for hydroxylation is 1. The number of aromatic nitrogens is 2. The molecule has 1 rings (SSSR count). The van der Waals surface area contributed by atoms with Crippen LogP contribution < -0.4 is 0 Å². The summed E-state index contributed by atoms with van der Waals surface area (Å²) in [6.07, 6.45) is 3.88. The molecule has 0 radical (unpaired) electrons. The van der Waals surface area contributed by atoms with Crippen molar-refractivity contribution in [3.05, 3.63) is 17.2 Å². The van der Waals surface area contributed by atoms with Crippen LogP contribution in [0.3, 0.4) is 0 Å². The number of nitriles is 1. The summed E-state index contributed by atoms with van der Waals surface area (Å²) in [6, 6.07) is 2.05. The molecule has 0 aliphatic heterocycles. The van der Waals surface area contributed by atoms with Crippen molar-refractivity contribution in [1.82, 2.24) is 9.97 Å². The molecule has 0 aliphatic rings. The van der Waals surface area contributed by atoms with Crippen molar-refractivity contribution in [2.45, 2.75) is 52.1 Å². The van der Waals surface area contributed by atoms with Gasteiger partial charge in [0.25, 0.3) is 0 Å². The minimum absolute atomic E-state index is 0.409. The van der Waals surface area contributed by atoms with Gasteiger partial charge in [0, 0.05) is 6.42 Å².